The van der Waals surface area contributed by atoms with Crippen molar-refractivity contribution in [3.8, 4) is 0 Å². The molecule has 0 spiro atoms. The third-order valence-corrected chi connectivity index (χ3v) is 4.24. The molecule has 0 radical (unpaired) electrons. The van der Waals surface area contributed by atoms with Crippen molar-refractivity contribution in [3.63, 3.8) is 0 Å². The van der Waals surface area contributed by atoms with E-state index in [2.05, 4.69) is 6.92 Å². The fraction of sp³-hybridized carbons (Fsp3) is 0.562. The lowest BCUT2D eigenvalue weighted by molar-refractivity contribution is 0.0624. The van der Waals surface area contributed by atoms with E-state index < -0.39 is 5.82 Å². The molecule has 19 heavy (non-hydrogen) atoms. The molecule has 3 heteroatoms. The largest absolute Gasteiger partial charge is 0.338 e. The minimum absolute atomic E-state index is 0.194. The van der Waals surface area contributed by atoms with Crippen LogP contribution in [0.4, 0.5) is 4.39 Å². The summed E-state index contributed by atoms with van der Waals surface area (Å²) < 4.78 is 13.8. The third kappa shape index (κ3) is 2.96. The van der Waals surface area contributed by atoms with Gasteiger partial charge in [0.05, 0.1) is 5.56 Å². The minimum Gasteiger partial charge on any atom is -0.338 e. The maximum atomic E-state index is 13.8. The van der Waals surface area contributed by atoms with E-state index in [0.717, 1.165) is 24.8 Å². The monoisotopic (exact) mass is 263 g/mol. The van der Waals surface area contributed by atoms with Gasteiger partial charge in [0.15, 0.2) is 0 Å². The molecule has 0 aliphatic heterocycles. The molecule has 2 nitrogen and oxygen atoms in total. The van der Waals surface area contributed by atoms with Gasteiger partial charge in [0.2, 0.25) is 0 Å². The molecule has 104 valence electrons. The normalized spacial score (nSPS) is 23.2. The van der Waals surface area contributed by atoms with Crippen LogP contribution in [0.15, 0.2) is 18.2 Å². The van der Waals surface area contributed by atoms with E-state index in [9.17, 15) is 9.18 Å². The molecule has 1 aliphatic rings. The summed E-state index contributed by atoms with van der Waals surface area (Å²) in [7, 11) is 1.80. The average Bonchev–Trinajstić information content (AvgIpc) is 2.40. The summed E-state index contributed by atoms with van der Waals surface area (Å²) in [5.74, 6) is -0.124. The van der Waals surface area contributed by atoms with Gasteiger partial charge in [-0.2, -0.15) is 0 Å². The number of rotatable bonds is 2. The third-order valence-electron chi connectivity index (χ3n) is 4.24. The Morgan fingerprint density at radius 1 is 1.32 bits per heavy atom. The zero-order chi connectivity index (χ0) is 14.0. The van der Waals surface area contributed by atoms with E-state index in [1.165, 1.54) is 12.5 Å². The molecule has 2 rings (SSSR count). The molecule has 0 saturated heterocycles. The summed E-state index contributed by atoms with van der Waals surface area (Å²) in [5, 5.41) is 0. The number of benzene rings is 1. The van der Waals surface area contributed by atoms with Gasteiger partial charge >= 0.3 is 0 Å². The molecule has 1 saturated carbocycles. The molecule has 1 aliphatic carbocycles. The molecule has 1 fully saturated rings. The fourth-order valence-corrected chi connectivity index (χ4v) is 3.02. The SMILES string of the molecule is Cc1ccc(F)c(C(=O)N(C)C2CCCCC2C)c1. The first-order valence-electron chi connectivity index (χ1n) is 7.04. The van der Waals surface area contributed by atoms with E-state index >= 15 is 0 Å². The van der Waals surface area contributed by atoms with Crippen LogP contribution in [-0.4, -0.2) is 23.9 Å². The number of halogens is 1. The van der Waals surface area contributed by atoms with Crippen LogP contribution >= 0.6 is 0 Å². The zero-order valence-corrected chi connectivity index (χ0v) is 11.9. The van der Waals surface area contributed by atoms with Crippen molar-refractivity contribution in [2.75, 3.05) is 7.05 Å². The van der Waals surface area contributed by atoms with Crippen LogP contribution in [0.1, 0.15) is 48.5 Å². The highest BCUT2D eigenvalue weighted by molar-refractivity contribution is 5.94. The lowest BCUT2D eigenvalue weighted by Gasteiger charge is -2.36. The van der Waals surface area contributed by atoms with Gasteiger partial charge in [0.1, 0.15) is 5.82 Å². The van der Waals surface area contributed by atoms with Crippen LogP contribution in [0.3, 0.4) is 0 Å². The predicted molar refractivity (Wildman–Crippen MR) is 74.7 cm³/mol. The lowest BCUT2D eigenvalue weighted by atomic mass is 9.85. The molecular weight excluding hydrogens is 241 g/mol. The number of nitrogens with zero attached hydrogens (tertiary/aromatic N) is 1. The van der Waals surface area contributed by atoms with Crippen molar-refractivity contribution in [1.82, 2.24) is 4.90 Å². The van der Waals surface area contributed by atoms with Crippen LogP contribution in [0.5, 0.6) is 0 Å². The van der Waals surface area contributed by atoms with Gasteiger partial charge in [-0.05, 0) is 37.8 Å². The van der Waals surface area contributed by atoms with Crippen molar-refractivity contribution >= 4 is 5.91 Å². The second-order valence-corrected chi connectivity index (χ2v) is 5.73. The lowest BCUT2D eigenvalue weighted by Crippen LogP contribution is -2.42. The van der Waals surface area contributed by atoms with Crippen LogP contribution < -0.4 is 0 Å². The summed E-state index contributed by atoms with van der Waals surface area (Å²) in [5.41, 5.74) is 1.11. The average molecular weight is 263 g/mol. The molecule has 1 aromatic rings. The number of amides is 1. The van der Waals surface area contributed by atoms with Crippen LogP contribution in [0.2, 0.25) is 0 Å². The topological polar surface area (TPSA) is 20.3 Å². The predicted octanol–water partition coefficient (Wildman–Crippen LogP) is 3.78. The highest BCUT2D eigenvalue weighted by Gasteiger charge is 2.29. The Bertz CT molecular complexity index is 472. The number of carbonyl (C=O) groups excluding carboxylic acids is 1. The standard InChI is InChI=1S/C16H22FNO/c1-11-8-9-14(17)13(10-11)16(19)18(3)15-7-5-4-6-12(15)2/h8-10,12,15H,4-7H2,1-3H3. The smallest absolute Gasteiger partial charge is 0.256 e. The zero-order valence-electron chi connectivity index (χ0n) is 11.9. The Labute approximate surface area is 114 Å². The second kappa shape index (κ2) is 5.72. The van der Waals surface area contributed by atoms with Crippen molar-refractivity contribution in [1.29, 1.82) is 0 Å². The molecule has 1 amide bonds. The fourth-order valence-electron chi connectivity index (χ4n) is 3.02. The first-order valence-corrected chi connectivity index (χ1v) is 7.04. The quantitative estimate of drug-likeness (QED) is 0.795. The maximum absolute atomic E-state index is 13.8. The van der Waals surface area contributed by atoms with E-state index in [4.69, 9.17) is 0 Å². The Hall–Kier alpha value is -1.38. The van der Waals surface area contributed by atoms with Gasteiger partial charge in [-0.15, -0.1) is 0 Å². The van der Waals surface area contributed by atoms with Crippen molar-refractivity contribution in [2.45, 2.75) is 45.6 Å². The Morgan fingerprint density at radius 2 is 2.00 bits per heavy atom. The Morgan fingerprint density at radius 3 is 2.68 bits per heavy atom. The molecule has 0 N–H and O–H groups in total. The Kier molecular flexibility index (Phi) is 4.23. The molecule has 1 aromatic carbocycles. The highest BCUT2D eigenvalue weighted by Crippen LogP contribution is 2.28. The molecule has 0 heterocycles. The second-order valence-electron chi connectivity index (χ2n) is 5.73. The number of carbonyl (C=O) groups is 1. The highest BCUT2D eigenvalue weighted by atomic mass is 19.1. The van der Waals surface area contributed by atoms with Gasteiger partial charge in [-0.1, -0.05) is 31.4 Å². The van der Waals surface area contributed by atoms with E-state index in [1.807, 2.05) is 6.92 Å². The van der Waals surface area contributed by atoms with Gasteiger partial charge in [-0.3, -0.25) is 4.79 Å². The summed E-state index contributed by atoms with van der Waals surface area (Å²) in [4.78, 5) is 14.2. The summed E-state index contributed by atoms with van der Waals surface area (Å²) in [6.07, 6.45) is 4.57. The molecule has 2 unspecified atom stereocenters. The van der Waals surface area contributed by atoms with E-state index in [0.29, 0.717) is 5.92 Å². The minimum atomic E-state index is -0.425. The summed E-state index contributed by atoms with van der Waals surface area (Å²) in [6.45, 7) is 4.06. The summed E-state index contributed by atoms with van der Waals surface area (Å²) in [6, 6.07) is 4.94. The van der Waals surface area contributed by atoms with Crippen molar-refractivity contribution in [3.05, 3.63) is 35.1 Å². The number of hydrogen-bond donors (Lipinski definition) is 0. The van der Waals surface area contributed by atoms with Gasteiger partial charge in [0, 0.05) is 13.1 Å². The van der Waals surface area contributed by atoms with Crippen LogP contribution in [-0.2, 0) is 0 Å². The summed E-state index contributed by atoms with van der Waals surface area (Å²) >= 11 is 0. The van der Waals surface area contributed by atoms with Gasteiger partial charge in [0.25, 0.3) is 5.91 Å². The van der Waals surface area contributed by atoms with Crippen LogP contribution in [0, 0.1) is 18.7 Å². The number of aryl methyl sites for hydroxylation is 1. The van der Waals surface area contributed by atoms with E-state index in [-0.39, 0.29) is 17.5 Å². The van der Waals surface area contributed by atoms with Gasteiger partial charge in [-0.25, -0.2) is 4.39 Å². The van der Waals surface area contributed by atoms with Crippen molar-refractivity contribution in [2.24, 2.45) is 5.92 Å². The van der Waals surface area contributed by atoms with Crippen molar-refractivity contribution < 1.29 is 9.18 Å². The first-order chi connectivity index (χ1) is 9.00. The molecule has 0 aromatic heterocycles. The Balaban J connectivity index is 2.20. The molecular formula is C16H22FNO. The van der Waals surface area contributed by atoms with Gasteiger partial charge < -0.3 is 4.90 Å². The molecule has 0 bridgehead atoms. The van der Waals surface area contributed by atoms with E-state index in [1.54, 1.807) is 24.1 Å². The van der Waals surface area contributed by atoms with Crippen LogP contribution in [0.25, 0.3) is 0 Å². The first kappa shape index (κ1) is 14.0. The number of hydrogen-bond acceptors (Lipinski definition) is 1. The maximum Gasteiger partial charge on any atom is 0.256 e. The molecule has 2 atom stereocenters.